The number of fused-ring (bicyclic) bond motifs is 1. The van der Waals surface area contributed by atoms with Crippen LogP contribution in [0.2, 0.25) is 0 Å². The molecule has 146 valence electrons. The zero-order valence-electron chi connectivity index (χ0n) is 15.6. The number of carbonyl (C=O) groups excluding carboxylic acids is 1. The Morgan fingerprint density at radius 3 is 2.93 bits per heavy atom. The van der Waals surface area contributed by atoms with E-state index in [2.05, 4.69) is 11.1 Å². The van der Waals surface area contributed by atoms with Gasteiger partial charge >= 0.3 is 5.97 Å². The van der Waals surface area contributed by atoms with Crippen molar-refractivity contribution in [3.8, 4) is 16.9 Å². The fraction of sp³-hybridized carbons (Fsp3) is 0.381. The first-order valence-corrected chi connectivity index (χ1v) is 9.32. The van der Waals surface area contributed by atoms with E-state index in [0.29, 0.717) is 25.1 Å². The quantitative estimate of drug-likeness (QED) is 0.854. The molecule has 0 aliphatic carbocycles. The monoisotopic (exact) mass is 382 g/mol. The summed E-state index contributed by atoms with van der Waals surface area (Å²) in [5, 5.41) is 9.17. The van der Waals surface area contributed by atoms with Gasteiger partial charge in [-0.1, -0.05) is 6.07 Å². The summed E-state index contributed by atoms with van der Waals surface area (Å²) < 4.78 is 10.9. The third kappa shape index (κ3) is 3.57. The first kappa shape index (κ1) is 18.4. The molecule has 4 rings (SSSR count). The smallest absolute Gasteiger partial charge is 0.305 e. The molecule has 2 aromatic rings. The molecule has 1 aromatic carbocycles. The minimum Gasteiger partial charge on any atom is -0.493 e. The summed E-state index contributed by atoms with van der Waals surface area (Å²) in [4.78, 5) is 30.1. The number of carbonyl (C=O) groups is 2. The Balaban J connectivity index is 1.59. The number of ether oxygens (including phenoxy) is 2. The number of benzene rings is 1. The maximum atomic E-state index is 13.1. The lowest BCUT2D eigenvalue weighted by atomic mass is 10.0. The molecule has 2 aliphatic rings. The molecule has 2 unspecified atom stereocenters. The number of aliphatic carboxylic acids is 1. The number of aromatic nitrogens is 1. The molecule has 1 fully saturated rings. The molecule has 0 bridgehead atoms. The van der Waals surface area contributed by atoms with Gasteiger partial charge in [0.25, 0.3) is 5.91 Å². The number of hydrogen-bond acceptors (Lipinski definition) is 5. The largest absolute Gasteiger partial charge is 0.493 e. The lowest BCUT2D eigenvalue weighted by Gasteiger charge is -2.23. The van der Waals surface area contributed by atoms with Crippen molar-refractivity contribution >= 4 is 11.9 Å². The number of carboxylic acids is 1. The maximum absolute atomic E-state index is 13.1. The minimum absolute atomic E-state index is 0.0937. The van der Waals surface area contributed by atoms with Gasteiger partial charge < -0.3 is 19.5 Å². The SMILES string of the molecule is COC1CC(CC(=O)O)N(C(=O)c2cncc(-c3ccc4c(c3)CCO4)c2)C1. The molecular formula is C21H22N2O5. The molecule has 2 aliphatic heterocycles. The van der Waals surface area contributed by atoms with Gasteiger partial charge in [0.1, 0.15) is 5.75 Å². The van der Waals surface area contributed by atoms with Crippen molar-refractivity contribution in [3.63, 3.8) is 0 Å². The second-order valence-electron chi connectivity index (χ2n) is 7.19. The highest BCUT2D eigenvalue weighted by Crippen LogP contribution is 2.31. The summed E-state index contributed by atoms with van der Waals surface area (Å²) >= 11 is 0. The van der Waals surface area contributed by atoms with E-state index in [9.17, 15) is 14.7 Å². The molecule has 0 spiro atoms. The summed E-state index contributed by atoms with van der Waals surface area (Å²) in [6, 6.07) is 7.40. The first-order chi connectivity index (χ1) is 13.5. The standard InChI is InChI=1S/C21H22N2O5/c1-27-18-8-17(9-20(24)25)23(12-18)21(26)16-7-15(10-22-11-16)13-2-3-19-14(6-13)4-5-28-19/h2-3,6-7,10-11,17-18H,4-5,8-9,12H2,1H3,(H,24,25). The van der Waals surface area contributed by atoms with Crippen LogP contribution in [0.3, 0.4) is 0 Å². The average molecular weight is 382 g/mol. The van der Waals surface area contributed by atoms with Crippen molar-refractivity contribution in [2.24, 2.45) is 0 Å². The fourth-order valence-corrected chi connectivity index (χ4v) is 3.94. The van der Waals surface area contributed by atoms with Crippen LogP contribution >= 0.6 is 0 Å². The number of methoxy groups -OCH3 is 1. The van der Waals surface area contributed by atoms with E-state index >= 15 is 0 Å². The van der Waals surface area contributed by atoms with Crippen molar-refractivity contribution in [2.75, 3.05) is 20.3 Å². The van der Waals surface area contributed by atoms with Gasteiger partial charge in [-0.25, -0.2) is 0 Å². The summed E-state index contributed by atoms with van der Waals surface area (Å²) in [7, 11) is 1.58. The molecule has 2 atom stereocenters. The van der Waals surface area contributed by atoms with E-state index < -0.39 is 5.97 Å². The van der Waals surface area contributed by atoms with Gasteiger partial charge in [-0.05, 0) is 35.7 Å². The van der Waals surface area contributed by atoms with Gasteiger partial charge in [-0.3, -0.25) is 14.6 Å². The zero-order chi connectivity index (χ0) is 19.7. The maximum Gasteiger partial charge on any atom is 0.305 e. The van der Waals surface area contributed by atoms with Crippen molar-refractivity contribution < 1.29 is 24.2 Å². The van der Waals surface area contributed by atoms with Crippen LogP contribution in [0.4, 0.5) is 0 Å². The summed E-state index contributed by atoms with van der Waals surface area (Å²) in [6.45, 7) is 1.07. The Bertz CT molecular complexity index is 913. The Morgan fingerprint density at radius 1 is 1.29 bits per heavy atom. The van der Waals surface area contributed by atoms with E-state index in [-0.39, 0.29) is 24.5 Å². The first-order valence-electron chi connectivity index (χ1n) is 9.32. The Hall–Kier alpha value is -2.93. The second-order valence-corrected chi connectivity index (χ2v) is 7.19. The number of rotatable bonds is 5. The van der Waals surface area contributed by atoms with Gasteiger partial charge in [0, 0.05) is 44.1 Å². The lowest BCUT2D eigenvalue weighted by molar-refractivity contribution is -0.137. The molecule has 7 heteroatoms. The summed E-state index contributed by atoms with van der Waals surface area (Å²) in [6.07, 6.45) is 4.40. The van der Waals surface area contributed by atoms with Crippen LogP contribution in [0.1, 0.15) is 28.8 Å². The van der Waals surface area contributed by atoms with Crippen LogP contribution < -0.4 is 4.74 Å². The third-order valence-corrected chi connectivity index (χ3v) is 5.39. The van der Waals surface area contributed by atoms with Crippen LogP contribution in [0.15, 0.2) is 36.7 Å². The summed E-state index contributed by atoms with van der Waals surface area (Å²) in [5.74, 6) is -0.237. The van der Waals surface area contributed by atoms with Gasteiger partial charge in [-0.2, -0.15) is 0 Å². The van der Waals surface area contributed by atoms with Crippen LogP contribution in [0, 0.1) is 0 Å². The molecule has 1 aromatic heterocycles. The number of pyridine rings is 1. The number of nitrogens with zero attached hydrogens (tertiary/aromatic N) is 2. The van der Waals surface area contributed by atoms with Crippen LogP contribution in [0.25, 0.3) is 11.1 Å². The molecule has 7 nitrogen and oxygen atoms in total. The van der Waals surface area contributed by atoms with E-state index in [4.69, 9.17) is 9.47 Å². The lowest BCUT2D eigenvalue weighted by Crippen LogP contribution is -2.37. The molecule has 1 saturated heterocycles. The fourth-order valence-electron chi connectivity index (χ4n) is 3.94. The van der Waals surface area contributed by atoms with E-state index in [0.717, 1.165) is 28.9 Å². The van der Waals surface area contributed by atoms with Gasteiger partial charge in [0.05, 0.1) is 24.7 Å². The van der Waals surface area contributed by atoms with Gasteiger partial charge in [0.15, 0.2) is 0 Å². The number of hydrogen-bond donors (Lipinski definition) is 1. The van der Waals surface area contributed by atoms with Crippen LogP contribution in [-0.2, 0) is 16.0 Å². The topological polar surface area (TPSA) is 89.0 Å². The highest BCUT2D eigenvalue weighted by Gasteiger charge is 2.37. The Labute approximate surface area is 162 Å². The van der Waals surface area contributed by atoms with E-state index in [1.807, 2.05) is 18.2 Å². The molecule has 1 amide bonds. The van der Waals surface area contributed by atoms with Gasteiger partial charge in [-0.15, -0.1) is 0 Å². The predicted octanol–water partition coefficient (Wildman–Crippen LogP) is 2.39. The third-order valence-electron chi connectivity index (χ3n) is 5.39. The normalized spacial score (nSPS) is 20.7. The number of likely N-dealkylation sites (tertiary alicyclic amines) is 1. The van der Waals surface area contributed by atoms with Gasteiger partial charge in [0.2, 0.25) is 0 Å². The average Bonchev–Trinajstić information content (AvgIpc) is 3.33. The predicted molar refractivity (Wildman–Crippen MR) is 101 cm³/mol. The molecule has 1 N–H and O–H groups in total. The Kier molecular flexibility index (Phi) is 5.00. The van der Waals surface area contributed by atoms with Crippen LogP contribution in [-0.4, -0.2) is 59.3 Å². The molecule has 28 heavy (non-hydrogen) atoms. The summed E-state index contributed by atoms with van der Waals surface area (Å²) in [5.41, 5.74) is 3.42. The van der Waals surface area contributed by atoms with Crippen molar-refractivity contribution in [1.29, 1.82) is 0 Å². The number of carboxylic acid groups (broad SMARTS) is 1. The van der Waals surface area contributed by atoms with Crippen molar-refractivity contribution in [2.45, 2.75) is 31.4 Å². The molecular weight excluding hydrogens is 360 g/mol. The molecule has 3 heterocycles. The zero-order valence-corrected chi connectivity index (χ0v) is 15.6. The molecule has 0 saturated carbocycles. The van der Waals surface area contributed by atoms with E-state index in [1.54, 1.807) is 18.2 Å². The Morgan fingerprint density at radius 2 is 2.14 bits per heavy atom. The van der Waals surface area contributed by atoms with Crippen molar-refractivity contribution in [1.82, 2.24) is 9.88 Å². The highest BCUT2D eigenvalue weighted by molar-refractivity contribution is 5.95. The molecule has 0 radical (unpaired) electrons. The van der Waals surface area contributed by atoms with E-state index in [1.165, 1.54) is 6.20 Å². The van der Waals surface area contributed by atoms with Crippen LogP contribution in [0.5, 0.6) is 5.75 Å². The minimum atomic E-state index is -0.924. The van der Waals surface area contributed by atoms with Crippen molar-refractivity contribution in [3.05, 3.63) is 47.8 Å². The second kappa shape index (κ2) is 7.59. The highest BCUT2D eigenvalue weighted by atomic mass is 16.5. The number of amides is 1.